The molecule has 4 N–H and O–H groups in total. The Morgan fingerprint density at radius 3 is 2.60 bits per heavy atom. The van der Waals surface area contributed by atoms with Crippen molar-refractivity contribution in [3.63, 3.8) is 0 Å². The van der Waals surface area contributed by atoms with Crippen LogP contribution in [-0.2, 0) is 4.74 Å². The Bertz CT molecular complexity index is 968. The maximum atomic E-state index is 14.8. The van der Waals surface area contributed by atoms with Crippen LogP contribution in [0.2, 0.25) is 0 Å². The molecule has 2 saturated heterocycles. The summed E-state index contributed by atoms with van der Waals surface area (Å²) in [4.78, 5) is 17.9. The van der Waals surface area contributed by atoms with Crippen molar-refractivity contribution < 1.29 is 13.9 Å². The van der Waals surface area contributed by atoms with E-state index in [2.05, 4.69) is 30.7 Å². The van der Waals surface area contributed by atoms with Crippen LogP contribution in [0.3, 0.4) is 0 Å². The summed E-state index contributed by atoms with van der Waals surface area (Å²) in [6.07, 6.45) is 4.05. The number of primary amides is 1. The molecule has 1 aromatic heterocycles. The van der Waals surface area contributed by atoms with Crippen molar-refractivity contribution in [1.29, 1.82) is 0 Å². The number of halogens is 1. The molecule has 30 heavy (non-hydrogen) atoms. The summed E-state index contributed by atoms with van der Waals surface area (Å²) in [6, 6.07) is 5.24. The first-order valence-electron chi connectivity index (χ1n) is 10.2. The summed E-state index contributed by atoms with van der Waals surface area (Å²) in [5, 5.41) is 13.9. The molecule has 1 amide bonds. The normalized spacial score (nSPS) is 20.0. The SMILES string of the molecule is NC(=O)c1nnc(Nc2ccc(N3CCC4(CC3)COC4)c(F)c2)nc1NC1CC1. The summed E-state index contributed by atoms with van der Waals surface area (Å²) in [5.41, 5.74) is 6.74. The van der Waals surface area contributed by atoms with Gasteiger partial charge in [-0.05, 0) is 43.9 Å². The molecule has 1 saturated carbocycles. The third-order valence-electron chi connectivity index (χ3n) is 6.02. The van der Waals surface area contributed by atoms with Crippen molar-refractivity contribution in [3.8, 4) is 0 Å². The van der Waals surface area contributed by atoms with Gasteiger partial charge in [0.05, 0.1) is 18.9 Å². The fourth-order valence-electron chi connectivity index (χ4n) is 3.94. The maximum absolute atomic E-state index is 14.8. The van der Waals surface area contributed by atoms with E-state index in [9.17, 15) is 9.18 Å². The Kier molecular flexibility index (Phi) is 4.65. The predicted octanol–water partition coefficient (Wildman–Crippen LogP) is 2.04. The number of hydrogen-bond donors (Lipinski definition) is 3. The minimum atomic E-state index is -0.697. The third-order valence-corrected chi connectivity index (χ3v) is 6.02. The van der Waals surface area contributed by atoms with Crippen molar-refractivity contribution in [2.24, 2.45) is 11.1 Å². The lowest BCUT2D eigenvalue weighted by atomic mass is 9.77. The standard InChI is InChI=1S/C20H24FN7O2/c21-14-9-13(3-4-15(14)28-7-5-20(6-8-28)10-30-11-20)24-19-25-18(23-12-1-2-12)16(17(22)29)26-27-19/h3-4,9,12H,1-2,5-8,10-11H2,(H2,22,29)(H2,23,24,25,27). The first-order chi connectivity index (χ1) is 14.5. The summed E-state index contributed by atoms with van der Waals surface area (Å²) in [7, 11) is 0. The van der Waals surface area contributed by atoms with Gasteiger partial charge in [-0.1, -0.05) is 0 Å². The monoisotopic (exact) mass is 413 g/mol. The fraction of sp³-hybridized carbons (Fsp3) is 0.500. The van der Waals surface area contributed by atoms with E-state index in [0.29, 0.717) is 22.6 Å². The highest BCUT2D eigenvalue weighted by Crippen LogP contribution is 2.40. The summed E-state index contributed by atoms with van der Waals surface area (Å²) in [5.74, 6) is -0.544. The van der Waals surface area contributed by atoms with Gasteiger partial charge in [0.1, 0.15) is 5.82 Å². The van der Waals surface area contributed by atoms with Crippen LogP contribution in [0.1, 0.15) is 36.2 Å². The molecule has 5 rings (SSSR count). The highest BCUT2D eigenvalue weighted by molar-refractivity contribution is 5.95. The van der Waals surface area contributed by atoms with Gasteiger partial charge in [-0.25, -0.2) is 4.39 Å². The molecule has 1 spiro atoms. The third kappa shape index (κ3) is 3.74. The molecule has 3 heterocycles. The zero-order chi connectivity index (χ0) is 20.7. The second-order valence-corrected chi connectivity index (χ2v) is 8.39. The number of nitrogens with two attached hydrogens (primary N) is 1. The van der Waals surface area contributed by atoms with Gasteiger partial charge in [0.2, 0.25) is 5.95 Å². The number of anilines is 4. The van der Waals surface area contributed by atoms with E-state index in [1.165, 1.54) is 6.07 Å². The molecule has 10 heteroatoms. The van der Waals surface area contributed by atoms with E-state index in [4.69, 9.17) is 10.5 Å². The number of ether oxygens (including phenoxy) is 1. The number of piperidine rings is 1. The van der Waals surface area contributed by atoms with Crippen LogP contribution in [0, 0.1) is 11.2 Å². The van der Waals surface area contributed by atoms with Crippen LogP contribution in [0.4, 0.5) is 27.5 Å². The number of aromatic nitrogens is 3. The molecule has 3 fully saturated rings. The van der Waals surface area contributed by atoms with Crippen molar-refractivity contribution >= 4 is 29.0 Å². The van der Waals surface area contributed by atoms with Gasteiger partial charge in [0.15, 0.2) is 11.5 Å². The number of benzene rings is 1. The second-order valence-electron chi connectivity index (χ2n) is 8.39. The molecule has 3 aliphatic rings. The average molecular weight is 413 g/mol. The van der Waals surface area contributed by atoms with E-state index >= 15 is 0 Å². The smallest absolute Gasteiger partial charge is 0.273 e. The van der Waals surface area contributed by atoms with Crippen LogP contribution < -0.4 is 21.3 Å². The predicted molar refractivity (Wildman–Crippen MR) is 109 cm³/mol. The number of nitrogens with one attached hydrogen (secondary N) is 2. The number of rotatable bonds is 6. The number of hydrogen-bond acceptors (Lipinski definition) is 8. The minimum Gasteiger partial charge on any atom is -0.380 e. The van der Waals surface area contributed by atoms with Crippen LogP contribution in [0.25, 0.3) is 0 Å². The molecule has 0 radical (unpaired) electrons. The summed E-state index contributed by atoms with van der Waals surface area (Å²) < 4.78 is 20.2. The van der Waals surface area contributed by atoms with Gasteiger partial charge >= 0.3 is 0 Å². The molecule has 0 unspecified atom stereocenters. The molecule has 1 aromatic carbocycles. The Morgan fingerprint density at radius 2 is 2.00 bits per heavy atom. The Hall–Kier alpha value is -3.01. The van der Waals surface area contributed by atoms with E-state index in [1.807, 2.05) is 0 Å². The lowest BCUT2D eigenvalue weighted by molar-refractivity contribution is -0.124. The first-order valence-corrected chi connectivity index (χ1v) is 10.2. The van der Waals surface area contributed by atoms with Crippen molar-refractivity contribution in [2.45, 2.75) is 31.7 Å². The Morgan fingerprint density at radius 1 is 1.23 bits per heavy atom. The fourth-order valence-corrected chi connectivity index (χ4v) is 3.94. The van der Waals surface area contributed by atoms with E-state index < -0.39 is 5.91 Å². The summed E-state index contributed by atoms with van der Waals surface area (Å²) >= 11 is 0. The maximum Gasteiger partial charge on any atom is 0.273 e. The lowest BCUT2D eigenvalue weighted by Crippen LogP contribution is -2.51. The van der Waals surface area contributed by atoms with Crippen molar-refractivity contribution in [1.82, 2.24) is 15.2 Å². The number of nitrogens with zero attached hydrogens (tertiary/aromatic N) is 4. The highest BCUT2D eigenvalue weighted by Gasteiger charge is 2.41. The molecule has 158 valence electrons. The Labute approximate surface area is 173 Å². The molecular weight excluding hydrogens is 389 g/mol. The molecule has 0 bridgehead atoms. The molecule has 2 aromatic rings. The molecule has 1 aliphatic carbocycles. The molecule has 0 atom stereocenters. The van der Waals surface area contributed by atoms with Crippen LogP contribution in [-0.4, -0.2) is 53.4 Å². The minimum absolute atomic E-state index is 0.00582. The largest absolute Gasteiger partial charge is 0.380 e. The van der Waals surface area contributed by atoms with E-state index in [0.717, 1.165) is 52.0 Å². The molecule has 9 nitrogen and oxygen atoms in total. The number of carbonyl (C=O) groups excluding carboxylic acids is 1. The quantitative estimate of drug-likeness (QED) is 0.658. The van der Waals surface area contributed by atoms with Crippen LogP contribution in [0.15, 0.2) is 18.2 Å². The zero-order valence-electron chi connectivity index (χ0n) is 16.5. The van der Waals surface area contributed by atoms with Gasteiger partial charge in [-0.3, -0.25) is 4.79 Å². The number of amides is 1. The average Bonchev–Trinajstić information content (AvgIpc) is 3.51. The van der Waals surface area contributed by atoms with Crippen LogP contribution in [0.5, 0.6) is 0 Å². The van der Waals surface area contributed by atoms with Crippen molar-refractivity contribution in [2.75, 3.05) is 41.8 Å². The van der Waals surface area contributed by atoms with E-state index in [-0.39, 0.29) is 23.5 Å². The zero-order valence-corrected chi connectivity index (χ0v) is 16.5. The van der Waals surface area contributed by atoms with Gasteiger partial charge in [-0.2, -0.15) is 4.98 Å². The van der Waals surface area contributed by atoms with E-state index in [1.54, 1.807) is 12.1 Å². The second kappa shape index (κ2) is 7.35. The van der Waals surface area contributed by atoms with Crippen LogP contribution >= 0.6 is 0 Å². The summed E-state index contributed by atoms with van der Waals surface area (Å²) in [6.45, 7) is 3.30. The van der Waals surface area contributed by atoms with Crippen molar-refractivity contribution in [3.05, 3.63) is 29.7 Å². The number of carbonyl (C=O) groups is 1. The van der Waals surface area contributed by atoms with Gasteiger partial charge in [0, 0.05) is 30.2 Å². The van der Waals surface area contributed by atoms with Gasteiger partial charge in [-0.15, -0.1) is 10.2 Å². The molecule has 2 aliphatic heterocycles. The Balaban J connectivity index is 1.29. The lowest BCUT2D eigenvalue weighted by Gasteiger charge is -2.47. The highest BCUT2D eigenvalue weighted by atomic mass is 19.1. The van der Waals surface area contributed by atoms with Gasteiger partial charge < -0.3 is 26.0 Å². The molecular formula is C20H24FN7O2. The first kappa shape index (κ1) is 19.0. The van der Waals surface area contributed by atoms with Gasteiger partial charge in [0.25, 0.3) is 5.91 Å². The topological polar surface area (TPSA) is 118 Å².